The van der Waals surface area contributed by atoms with E-state index in [4.69, 9.17) is 4.74 Å². The Hall–Kier alpha value is -2.30. The minimum absolute atomic E-state index is 0.0824. The van der Waals surface area contributed by atoms with E-state index in [2.05, 4.69) is 24.3 Å². The summed E-state index contributed by atoms with van der Waals surface area (Å²) in [5, 5.41) is 7.21. The van der Waals surface area contributed by atoms with E-state index >= 15 is 0 Å². The largest absolute Gasteiger partial charge is 0.497 e. The van der Waals surface area contributed by atoms with Crippen molar-refractivity contribution >= 4 is 5.91 Å². The Morgan fingerprint density at radius 1 is 1.33 bits per heavy atom. The Balaban J connectivity index is 2.45. The number of rotatable bonds is 5. The molecule has 0 radical (unpaired) electrons. The molecule has 1 heterocycles. The highest BCUT2D eigenvalue weighted by Gasteiger charge is 2.20. The van der Waals surface area contributed by atoms with Crippen LogP contribution in [0.5, 0.6) is 5.75 Å². The first kappa shape index (κ1) is 15.1. The van der Waals surface area contributed by atoms with E-state index < -0.39 is 0 Å². The molecular formula is C16H21N3O2. The predicted molar refractivity (Wildman–Crippen MR) is 82.2 cm³/mol. The van der Waals surface area contributed by atoms with Crippen LogP contribution < -0.4 is 10.1 Å². The molecular weight excluding hydrogens is 266 g/mol. The molecule has 21 heavy (non-hydrogen) atoms. The summed E-state index contributed by atoms with van der Waals surface area (Å²) in [7, 11) is 1.63. The summed E-state index contributed by atoms with van der Waals surface area (Å²) in [6, 6.07) is 7.62. The van der Waals surface area contributed by atoms with Crippen molar-refractivity contribution in [3.63, 3.8) is 0 Å². The molecule has 0 spiro atoms. The Morgan fingerprint density at radius 2 is 2.00 bits per heavy atom. The van der Waals surface area contributed by atoms with Gasteiger partial charge in [-0.05, 0) is 37.1 Å². The molecule has 0 fully saturated rings. The Kier molecular flexibility index (Phi) is 4.62. The minimum atomic E-state index is -0.0824. The van der Waals surface area contributed by atoms with Crippen LogP contribution in [-0.2, 0) is 0 Å². The standard InChI is InChI=1S/C16H21N3O2/c1-5-17-16(20)14-10-18-19(15(14)11(2)3)12-6-8-13(21-4)9-7-12/h6-11H,5H2,1-4H3,(H,17,20). The number of carbonyl (C=O) groups is 1. The monoisotopic (exact) mass is 287 g/mol. The molecule has 1 N–H and O–H groups in total. The number of ether oxygens (including phenoxy) is 1. The fourth-order valence-electron chi connectivity index (χ4n) is 2.27. The van der Waals surface area contributed by atoms with Crippen LogP contribution in [0.3, 0.4) is 0 Å². The summed E-state index contributed by atoms with van der Waals surface area (Å²) in [6.07, 6.45) is 1.63. The van der Waals surface area contributed by atoms with Crippen LogP contribution in [0.2, 0.25) is 0 Å². The highest BCUT2D eigenvalue weighted by Crippen LogP contribution is 2.24. The van der Waals surface area contributed by atoms with Gasteiger partial charge in [-0.25, -0.2) is 4.68 Å². The van der Waals surface area contributed by atoms with Gasteiger partial charge in [0.2, 0.25) is 0 Å². The maximum absolute atomic E-state index is 12.1. The van der Waals surface area contributed by atoms with Gasteiger partial charge in [0.1, 0.15) is 5.75 Å². The number of nitrogens with one attached hydrogen (secondary N) is 1. The molecule has 0 atom stereocenters. The first-order valence-corrected chi connectivity index (χ1v) is 7.09. The Labute approximate surface area is 124 Å². The highest BCUT2D eigenvalue weighted by molar-refractivity contribution is 5.95. The van der Waals surface area contributed by atoms with E-state index in [1.165, 1.54) is 0 Å². The number of carbonyl (C=O) groups excluding carboxylic acids is 1. The van der Waals surface area contributed by atoms with Gasteiger partial charge in [0.15, 0.2) is 0 Å². The van der Waals surface area contributed by atoms with E-state index in [0.717, 1.165) is 17.1 Å². The summed E-state index contributed by atoms with van der Waals surface area (Å²) < 4.78 is 6.98. The molecule has 112 valence electrons. The van der Waals surface area contributed by atoms with Gasteiger partial charge in [0.05, 0.1) is 30.3 Å². The Morgan fingerprint density at radius 3 is 2.52 bits per heavy atom. The lowest BCUT2D eigenvalue weighted by molar-refractivity contribution is 0.0954. The molecule has 1 amide bonds. The number of amides is 1. The van der Waals surface area contributed by atoms with Crippen LogP contribution in [0.15, 0.2) is 30.5 Å². The van der Waals surface area contributed by atoms with Crippen LogP contribution in [0, 0.1) is 0 Å². The molecule has 0 bridgehead atoms. The number of nitrogens with zero attached hydrogens (tertiary/aromatic N) is 2. The van der Waals surface area contributed by atoms with Crippen molar-refractivity contribution in [1.82, 2.24) is 15.1 Å². The van der Waals surface area contributed by atoms with Gasteiger partial charge in [-0.2, -0.15) is 5.10 Å². The van der Waals surface area contributed by atoms with Gasteiger partial charge < -0.3 is 10.1 Å². The fourth-order valence-corrected chi connectivity index (χ4v) is 2.27. The molecule has 5 nitrogen and oxygen atoms in total. The SMILES string of the molecule is CCNC(=O)c1cnn(-c2ccc(OC)cc2)c1C(C)C. The second kappa shape index (κ2) is 6.43. The van der Waals surface area contributed by atoms with Crippen LogP contribution in [0.25, 0.3) is 5.69 Å². The van der Waals surface area contributed by atoms with E-state index in [1.54, 1.807) is 13.3 Å². The van der Waals surface area contributed by atoms with Gasteiger partial charge >= 0.3 is 0 Å². The van der Waals surface area contributed by atoms with Gasteiger partial charge in [-0.1, -0.05) is 13.8 Å². The normalized spacial score (nSPS) is 10.7. The van der Waals surface area contributed by atoms with E-state index in [0.29, 0.717) is 12.1 Å². The third-order valence-corrected chi connectivity index (χ3v) is 3.25. The second-order valence-electron chi connectivity index (χ2n) is 5.07. The smallest absolute Gasteiger partial charge is 0.254 e. The third kappa shape index (κ3) is 3.07. The lowest BCUT2D eigenvalue weighted by Crippen LogP contribution is -2.24. The van der Waals surface area contributed by atoms with Crippen LogP contribution >= 0.6 is 0 Å². The lowest BCUT2D eigenvalue weighted by atomic mass is 10.1. The number of hydrogen-bond donors (Lipinski definition) is 1. The van der Waals surface area contributed by atoms with Crippen molar-refractivity contribution < 1.29 is 9.53 Å². The van der Waals surface area contributed by atoms with Gasteiger partial charge in [-0.15, -0.1) is 0 Å². The molecule has 1 aromatic heterocycles. The zero-order chi connectivity index (χ0) is 15.4. The highest BCUT2D eigenvalue weighted by atomic mass is 16.5. The zero-order valence-corrected chi connectivity index (χ0v) is 12.9. The van der Waals surface area contributed by atoms with Gasteiger partial charge in [0.25, 0.3) is 5.91 Å². The minimum Gasteiger partial charge on any atom is -0.497 e. The van der Waals surface area contributed by atoms with Crippen molar-refractivity contribution in [1.29, 1.82) is 0 Å². The first-order chi connectivity index (χ1) is 10.1. The maximum Gasteiger partial charge on any atom is 0.254 e. The summed E-state index contributed by atoms with van der Waals surface area (Å²) in [5.41, 5.74) is 2.45. The van der Waals surface area contributed by atoms with Crippen LogP contribution in [0.4, 0.5) is 0 Å². The number of aromatic nitrogens is 2. The van der Waals surface area contributed by atoms with Crippen molar-refractivity contribution in [3.8, 4) is 11.4 Å². The topological polar surface area (TPSA) is 56.2 Å². The Bertz CT molecular complexity index is 615. The third-order valence-electron chi connectivity index (χ3n) is 3.25. The summed E-state index contributed by atoms with van der Waals surface area (Å²) in [5.74, 6) is 0.897. The molecule has 0 saturated heterocycles. The average molecular weight is 287 g/mol. The van der Waals surface area contributed by atoms with Crippen LogP contribution in [-0.4, -0.2) is 29.3 Å². The quantitative estimate of drug-likeness (QED) is 0.920. The number of hydrogen-bond acceptors (Lipinski definition) is 3. The summed E-state index contributed by atoms with van der Waals surface area (Å²) in [6.45, 7) is 6.62. The van der Waals surface area contributed by atoms with Crippen molar-refractivity contribution in [2.75, 3.05) is 13.7 Å². The molecule has 1 aromatic carbocycles. The summed E-state index contributed by atoms with van der Waals surface area (Å²) in [4.78, 5) is 12.1. The van der Waals surface area contributed by atoms with Crippen molar-refractivity contribution in [2.24, 2.45) is 0 Å². The fraction of sp³-hybridized carbons (Fsp3) is 0.375. The number of benzene rings is 1. The van der Waals surface area contributed by atoms with E-state index in [1.807, 2.05) is 35.9 Å². The van der Waals surface area contributed by atoms with Gasteiger partial charge in [0, 0.05) is 6.54 Å². The molecule has 0 unspecified atom stereocenters. The lowest BCUT2D eigenvalue weighted by Gasteiger charge is -2.13. The van der Waals surface area contributed by atoms with E-state index in [-0.39, 0.29) is 11.8 Å². The molecule has 0 saturated carbocycles. The molecule has 0 aliphatic rings. The van der Waals surface area contributed by atoms with Crippen molar-refractivity contribution in [2.45, 2.75) is 26.7 Å². The zero-order valence-electron chi connectivity index (χ0n) is 12.9. The molecule has 0 aliphatic carbocycles. The van der Waals surface area contributed by atoms with Crippen molar-refractivity contribution in [3.05, 3.63) is 41.7 Å². The first-order valence-electron chi connectivity index (χ1n) is 7.09. The maximum atomic E-state index is 12.1. The molecule has 2 aromatic rings. The second-order valence-corrected chi connectivity index (χ2v) is 5.07. The van der Waals surface area contributed by atoms with Crippen LogP contribution in [0.1, 0.15) is 42.7 Å². The molecule has 0 aliphatic heterocycles. The summed E-state index contributed by atoms with van der Waals surface area (Å²) >= 11 is 0. The number of methoxy groups -OCH3 is 1. The molecule has 5 heteroatoms. The van der Waals surface area contributed by atoms with E-state index in [9.17, 15) is 4.79 Å². The average Bonchev–Trinajstić information content (AvgIpc) is 2.92. The van der Waals surface area contributed by atoms with Gasteiger partial charge in [-0.3, -0.25) is 4.79 Å². The predicted octanol–water partition coefficient (Wildman–Crippen LogP) is 2.75. The molecule has 2 rings (SSSR count).